The van der Waals surface area contributed by atoms with E-state index in [-0.39, 0.29) is 6.04 Å². The lowest BCUT2D eigenvalue weighted by Crippen LogP contribution is -2.43. The third-order valence-corrected chi connectivity index (χ3v) is 3.74. The van der Waals surface area contributed by atoms with Crippen molar-refractivity contribution in [3.63, 3.8) is 0 Å². The van der Waals surface area contributed by atoms with E-state index in [1.165, 1.54) is 5.56 Å². The highest BCUT2D eigenvalue weighted by molar-refractivity contribution is 5.18. The monoisotopic (exact) mass is 235 g/mol. The summed E-state index contributed by atoms with van der Waals surface area (Å²) in [5.41, 5.74) is 0.616. The van der Waals surface area contributed by atoms with E-state index in [9.17, 15) is 5.11 Å². The van der Waals surface area contributed by atoms with Crippen molar-refractivity contribution in [2.45, 2.75) is 45.8 Å². The van der Waals surface area contributed by atoms with E-state index < -0.39 is 5.60 Å². The molecule has 0 saturated heterocycles. The van der Waals surface area contributed by atoms with Crippen LogP contribution < -0.4 is 5.32 Å². The number of nitrogens with one attached hydrogen (secondary N) is 1. The Morgan fingerprint density at radius 2 is 1.82 bits per heavy atom. The van der Waals surface area contributed by atoms with Gasteiger partial charge in [0, 0.05) is 12.6 Å². The van der Waals surface area contributed by atoms with Crippen LogP contribution in [-0.2, 0) is 0 Å². The summed E-state index contributed by atoms with van der Waals surface area (Å²) in [5.74, 6) is 0.304. The molecule has 0 saturated carbocycles. The van der Waals surface area contributed by atoms with Crippen molar-refractivity contribution in [3.8, 4) is 0 Å². The van der Waals surface area contributed by atoms with Gasteiger partial charge in [-0.05, 0) is 25.3 Å². The van der Waals surface area contributed by atoms with Crippen molar-refractivity contribution in [3.05, 3.63) is 35.9 Å². The van der Waals surface area contributed by atoms with Crippen LogP contribution in [0.2, 0.25) is 0 Å². The molecule has 0 radical (unpaired) electrons. The van der Waals surface area contributed by atoms with Crippen molar-refractivity contribution in [1.29, 1.82) is 0 Å². The first-order chi connectivity index (χ1) is 7.97. The molecule has 0 spiro atoms. The second-order valence-electron chi connectivity index (χ2n) is 5.18. The fraction of sp³-hybridized carbons (Fsp3) is 0.600. The summed E-state index contributed by atoms with van der Waals surface area (Å²) in [6.07, 6.45) is 0.994. The molecule has 1 rings (SSSR count). The minimum absolute atomic E-state index is 0.270. The van der Waals surface area contributed by atoms with E-state index in [2.05, 4.69) is 38.2 Å². The second-order valence-corrected chi connectivity index (χ2v) is 5.18. The Hall–Kier alpha value is -0.860. The maximum absolute atomic E-state index is 10.3. The van der Waals surface area contributed by atoms with Crippen LogP contribution in [0.1, 0.15) is 45.7 Å². The molecule has 0 aliphatic rings. The first kappa shape index (κ1) is 14.2. The number of hydrogen-bond acceptors (Lipinski definition) is 2. The lowest BCUT2D eigenvalue weighted by atomic mass is 9.88. The maximum atomic E-state index is 10.3. The SMILES string of the molecule is CCC(C)C(C)(O)CNC(C)c1ccccc1. The largest absolute Gasteiger partial charge is 0.389 e. The Balaban J connectivity index is 2.51. The average molecular weight is 235 g/mol. The van der Waals surface area contributed by atoms with Crippen LogP contribution in [0.4, 0.5) is 0 Å². The summed E-state index contributed by atoms with van der Waals surface area (Å²) >= 11 is 0. The Morgan fingerprint density at radius 1 is 1.24 bits per heavy atom. The summed E-state index contributed by atoms with van der Waals surface area (Å²) in [6, 6.07) is 10.6. The normalized spacial score (nSPS) is 18.4. The highest BCUT2D eigenvalue weighted by atomic mass is 16.3. The molecule has 0 fully saturated rings. The number of aliphatic hydroxyl groups is 1. The van der Waals surface area contributed by atoms with E-state index in [0.717, 1.165) is 6.42 Å². The molecule has 2 N–H and O–H groups in total. The van der Waals surface area contributed by atoms with Gasteiger partial charge in [-0.3, -0.25) is 0 Å². The summed E-state index contributed by atoms with van der Waals surface area (Å²) in [5, 5.41) is 13.7. The third kappa shape index (κ3) is 4.14. The van der Waals surface area contributed by atoms with Gasteiger partial charge in [-0.25, -0.2) is 0 Å². The molecule has 1 aromatic rings. The van der Waals surface area contributed by atoms with Gasteiger partial charge in [0.05, 0.1) is 5.60 Å². The molecule has 96 valence electrons. The number of benzene rings is 1. The molecule has 3 unspecified atom stereocenters. The van der Waals surface area contributed by atoms with Crippen LogP contribution in [-0.4, -0.2) is 17.3 Å². The topological polar surface area (TPSA) is 32.3 Å². The van der Waals surface area contributed by atoms with Gasteiger partial charge in [-0.2, -0.15) is 0 Å². The van der Waals surface area contributed by atoms with Crippen LogP contribution >= 0.6 is 0 Å². The summed E-state index contributed by atoms with van der Waals surface area (Å²) in [6.45, 7) is 8.86. The summed E-state index contributed by atoms with van der Waals surface area (Å²) < 4.78 is 0. The summed E-state index contributed by atoms with van der Waals surface area (Å²) in [4.78, 5) is 0. The van der Waals surface area contributed by atoms with Gasteiger partial charge in [0.25, 0.3) is 0 Å². The number of rotatable bonds is 6. The smallest absolute Gasteiger partial charge is 0.0769 e. The Morgan fingerprint density at radius 3 is 2.35 bits per heavy atom. The third-order valence-electron chi connectivity index (χ3n) is 3.74. The number of hydrogen-bond donors (Lipinski definition) is 2. The molecular weight excluding hydrogens is 210 g/mol. The molecule has 2 nitrogen and oxygen atoms in total. The van der Waals surface area contributed by atoms with E-state index in [1.807, 2.05) is 25.1 Å². The molecule has 3 atom stereocenters. The zero-order chi connectivity index (χ0) is 12.9. The van der Waals surface area contributed by atoms with Crippen LogP contribution in [0, 0.1) is 5.92 Å². The lowest BCUT2D eigenvalue weighted by Gasteiger charge is -2.31. The molecule has 0 aromatic heterocycles. The Kier molecular flexibility index (Phi) is 5.16. The first-order valence-corrected chi connectivity index (χ1v) is 6.48. The highest BCUT2D eigenvalue weighted by Crippen LogP contribution is 2.20. The standard InChI is InChI=1S/C15H25NO/c1-5-12(2)15(4,17)11-16-13(3)14-9-7-6-8-10-14/h6-10,12-13,16-17H,5,11H2,1-4H3. The van der Waals surface area contributed by atoms with Crippen LogP contribution in [0.25, 0.3) is 0 Å². The summed E-state index contributed by atoms with van der Waals surface area (Å²) in [7, 11) is 0. The molecule has 0 amide bonds. The van der Waals surface area contributed by atoms with E-state index in [1.54, 1.807) is 0 Å². The van der Waals surface area contributed by atoms with Crippen LogP contribution in [0.15, 0.2) is 30.3 Å². The van der Waals surface area contributed by atoms with E-state index >= 15 is 0 Å². The molecule has 17 heavy (non-hydrogen) atoms. The first-order valence-electron chi connectivity index (χ1n) is 6.48. The highest BCUT2D eigenvalue weighted by Gasteiger charge is 2.27. The average Bonchev–Trinajstić information content (AvgIpc) is 2.36. The lowest BCUT2D eigenvalue weighted by molar-refractivity contribution is 0.00365. The van der Waals surface area contributed by atoms with E-state index in [0.29, 0.717) is 12.5 Å². The fourth-order valence-electron chi connectivity index (χ4n) is 1.83. The molecule has 0 aliphatic heterocycles. The van der Waals surface area contributed by atoms with Gasteiger partial charge in [-0.1, -0.05) is 50.6 Å². The predicted molar refractivity (Wildman–Crippen MR) is 72.9 cm³/mol. The van der Waals surface area contributed by atoms with Gasteiger partial charge < -0.3 is 10.4 Å². The fourth-order valence-corrected chi connectivity index (χ4v) is 1.83. The van der Waals surface area contributed by atoms with Crippen molar-refractivity contribution in [1.82, 2.24) is 5.32 Å². The van der Waals surface area contributed by atoms with Gasteiger partial charge >= 0.3 is 0 Å². The maximum Gasteiger partial charge on any atom is 0.0769 e. The molecule has 1 aromatic carbocycles. The van der Waals surface area contributed by atoms with Crippen LogP contribution in [0.5, 0.6) is 0 Å². The Labute approximate surface area is 105 Å². The van der Waals surface area contributed by atoms with Crippen molar-refractivity contribution in [2.75, 3.05) is 6.54 Å². The minimum Gasteiger partial charge on any atom is -0.389 e. The Bertz CT molecular complexity index is 321. The quantitative estimate of drug-likeness (QED) is 0.794. The molecule has 2 heteroatoms. The van der Waals surface area contributed by atoms with E-state index in [4.69, 9.17) is 0 Å². The zero-order valence-electron chi connectivity index (χ0n) is 11.4. The van der Waals surface area contributed by atoms with Gasteiger partial charge in [-0.15, -0.1) is 0 Å². The molecule has 0 bridgehead atoms. The minimum atomic E-state index is -0.641. The molecular formula is C15H25NO. The van der Waals surface area contributed by atoms with Crippen molar-refractivity contribution in [2.24, 2.45) is 5.92 Å². The second kappa shape index (κ2) is 6.18. The van der Waals surface area contributed by atoms with Crippen LogP contribution in [0.3, 0.4) is 0 Å². The predicted octanol–water partition coefficient (Wildman–Crippen LogP) is 3.13. The van der Waals surface area contributed by atoms with Crippen molar-refractivity contribution >= 4 is 0 Å². The van der Waals surface area contributed by atoms with Gasteiger partial charge in [0.1, 0.15) is 0 Å². The van der Waals surface area contributed by atoms with Gasteiger partial charge in [0.2, 0.25) is 0 Å². The van der Waals surface area contributed by atoms with Gasteiger partial charge in [0.15, 0.2) is 0 Å². The molecule has 0 aliphatic carbocycles. The molecule has 0 heterocycles. The zero-order valence-corrected chi connectivity index (χ0v) is 11.4. The van der Waals surface area contributed by atoms with Crippen molar-refractivity contribution < 1.29 is 5.11 Å².